The zero-order valence-electron chi connectivity index (χ0n) is 15.9. The molecule has 4 atom stereocenters. The molecule has 2 bridgehead atoms. The Kier molecular flexibility index (Phi) is 5.09. The van der Waals surface area contributed by atoms with Gasteiger partial charge in [0.05, 0.1) is 18.4 Å². The van der Waals surface area contributed by atoms with Crippen LogP contribution in [0.5, 0.6) is 0 Å². The highest BCUT2D eigenvalue weighted by Gasteiger charge is 2.69. The Morgan fingerprint density at radius 2 is 1.82 bits per heavy atom. The number of rotatable bonds is 8. The lowest BCUT2D eigenvalue weighted by Gasteiger charge is -2.26. The Hall–Kier alpha value is -2.06. The molecule has 28 heavy (non-hydrogen) atoms. The van der Waals surface area contributed by atoms with Crippen LogP contribution in [-0.4, -0.2) is 35.7 Å². The maximum Gasteiger partial charge on any atom is 0.224 e. The molecular formula is C20H26N4O3S. The second-order valence-electron chi connectivity index (χ2n) is 8.05. The zero-order valence-corrected chi connectivity index (χ0v) is 16.8. The van der Waals surface area contributed by atoms with E-state index >= 15 is 0 Å². The summed E-state index contributed by atoms with van der Waals surface area (Å²) in [7, 11) is 0. The van der Waals surface area contributed by atoms with Gasteiger partial charge in [-0.15, -0.1) is 11.3 Å². The van der Waals surface area contributed by atoms with Crippen LogP contribution in [0, 0.1) is 29.1 Å². The van der Waals surface area contributed by atoms with E-state index in [0.717, 1.165) is 19.3 Å². The van der Waals surface area contributed by atoms with Crippen molar-refractivity contribution >= 4 is 28.9 Å². The van der Waals surface area contributed by atoms with E-state index in [-0.39, 0.29) is 53.2 Å². The van der Waals surface area contributed by atoms with Crippen LogP contribution in [0.1, 0.15) is 41.7 Å². The molecule has 4 N–H and O–H groups in total. The van der Waals surface area contributed by atoms with Gasteiger partial charge < -0.3 is 16.4 Å². The van der Waals surface area contributed by atoms with Crippen molar-refractivity contribution in [3.05, 3.63) is 28.2 Å². The maximum absolute atomic E-state index is 13.1. The number of hydrogen-bond donors (Lipinski definition) is 3. The molecule has 0 unspecified atom stereocenters. The van der Waals surface area contributed by atoms with Crippen molar-refractivity contribution in [3.8, 4) is 0 Å². The molecule has 1 aromatic rings. The molecule has 1 heterocycles. The fourth-order valence-electron chi connectivity index (χ4n) is 4.98. The van der Waals surface area contributed by atoms with Crippen molar-refractivity contribution < 1.29 is 14.4 Å². The lowest BCUT2D eigenvalue weighted by Crippen LogP contribution is -2.44. The molecule has 2 saturated carbocycles. The molecular weight excluding hydrogens is 376 g/mol. The van der Waals surface area contributed by atoms with Crippen molar-refractivity contribution in [1.82, 2.24) is 15.6 Å². The molecule has 8 heteroatoms. The molecule has 1 aromatic heterocycles. The van der Waals surface area contributed by atoms with Crippen molar-refractivity contribution in [2.75, 3.05) is 13.1 Å². The third kappa shape index (κ3) is 3.18. The van der Waals surface area contributed by atoms with Gasteiger partial charge >= 0.3 is 0 Å². The maximum atomic E-state index is 13.1. The van der Waals surface area contributed by atoms with E-state index in [0.29, 0.717) is 23.8 Å². The average Bonchev–Trinajstić information content (AvgIpc) is 3.08. The number of ketones is 1. The Morgan fingerprint density at radius 1 is 1.18 bits per heavy atom. The Bertz CT molecular complexity index is 829. The van der Waals surface area contributed by atoms with E-state index in [1.807, 2.05) is 0 Å². The van der Waals surface area contributed by atoms with E-state index in [4.69, 9.17) is 5.73 Å². The van der Waals surface area contributed by atoms with E-state index in [2.05, 4.69) is 27.8 Å². The lowest BCUT2D eigenvalue weighted by atomic mass is 9.81. The fraction of sp³-hybridized carbons (Fsp3) is 0.600. The summed E-state index contributed by atoms with van der Waals surface area (Å²) in [5, 5.41) is 8.33. The zero-order chi connectivity index (χ0) is 19.9. The summed E-state index contributed by atoms with van der Waals surface area (Å²) < 4.78 is 0. The highest BCUT2D eigenvalue weighted by Crippen LogP contribution is 2.72. The third-order valence-corrected chi connectivity index (χ3v) is 7.30. The van der Waals surface area contributed by atoms with Crippen LogP contribution in [0.15, 0.2) is 17.5 Å². The number of allylic oxidation sites excluding steroid dienone is 2. The van der Waals surface area contributed by atoms with E-state index in [1.165, 1.54) is 18.3 Å². The Labute approximate surface area is 168 Å². The topological polar surface area (TPSA) is 114 Å². The SMILES string of the molecule is CC(=O)c1csc(CNC(=O)[C@H]2[C@H](C(=O)NCCCN)[C@H]3C=C[C@@H]2C32CC2)n1. The molecule has 0 aromatic carbocycles. The van der Waals surface area contributed by atoms with Gasteiger partial charge in [0.1, 0.15) is 10.7 Å². The van der Waals surface area contributed by atoms with Gasteiger partial charge in [0.15, 0.2) is 5.78 Å². The molecule has 7 nitrogen and oxygen atoms in total. The summed E-state index contributed by atoms with van der Waals surface area (Å²) in [6.45, 7) is 2.83. The van der Waals surface area contributed by atoms with Crippen LogP contribution in [-0.2, 0) is 16.1 Å². The molecule has 1 spiro atoms. The molecule has 0 aliphatic heterocycles. The summed E-state index contributed by atoms with van der Waals surface area (Å²) in [5.41, 5.74) is 6.05. The van der Waals surface area contributed by atoms with Gasteiger partial charge in [0, 0.05) is 18.8 Å². The first-order chi connectivity index (χ1) is 13.5. The smallest absolute Gasteiger partial charge is 0.224 e. The summed E-state index contributed by atoms with van der Waals surface area (Å²) in [6.07, 6.45) is 7.19. The minimum Gasteiger partial charge on any atom is -0.356 e. The first kappa shape index (κ1) is 19.3. The first-order valence-corrected chi connectivity index (χ1v) is 10.7. The van der Waals surface area contributed by atoms with E-state index in [1.54, 1.807) is 5.38 Å². The number of aromatic nitrogens is 1. The number of nitrogens with zero attached hydrogens (tertiary/aromatic N) is 1. The number of hydrogen-bond acceptors (Lipinski definition) is 6. The number of Topliss-reactive ketones (excluding diaryl/α,β-unsaturated/α-hetero) is 1. The standard InChI is InChI=1S/C20H26N4O3S/c1-11(25)14-10-28-15(24-14)9-23-19(27)17-13-4-3-12(20(13)5-6-20)16(17)18(26)22-8-2-7-21/h3-4,10,12-13,16-17H,2,5-9,21H2,1H3,(H,22,26)(H,23,27)/t12-,13+,16-,17-/m1/s1. The van der Waals surface area contributed by atoms with E-state index in [9.17, 15) is 14.4 Å². The van der Waals surface area contributed by atoms with Gasteiger partial charge in [-0.05, 0) is 43.1 Å². The predicted octanol–water partition coefficient (Wildman–Crippen LogP) is 1.26. The van der Waals surface area contributed by atoms with Gasteiger partial charge in [0.2, 0.25) is 11.8 Å². The molecule has 150 valence electrons. The number of carbonyl (C=O) groups is 3. The van der Waals surface area contributed by atoms with Crippen molar-refractivity contribution in [2.45, 2.75) is 32.7 Å². The number of amides is 2. The minimum absolute atomic E-state index is 0.0372. The number of carbonyl (C=O) groups excluding carboxylic acids is 3. The van der Waals surface area contributed by atoms with Crippen molar-refractivity contribution in [1.29, 1.82) is 0 Å². The van der Waals surface area contributed by atoms with Gasteiger partial charge in [-0.2, -0.15) is 0 Å². The summed E-state index contributed by atoms with van der Waals surface area (Å²) in [5.74, 6) is -0.604. The number of nitrogens with two attached hydrogens (primary N) is 1. The minimum atomic E-state index is -0.345. The van der Waals surface area contributed by atoms with Crippen LogP contribution >= 0.6 is 11.3 Å². The lowest BCUT2D eigenvalue weighted by molar-refractivity contribution is -0.135. The van der Waals surface area contributed by atoms with Gasteiger partial charge in [0.25, 0.3) is 0 Å². The average molecular weight is 403 g/mol. The van der Waals surface area contributed by atoms with Gasteiger partial charge in [-0.25, -0.2) is 4.98 Å². The normalized spacial score (nSPS) is 28.5. The quantitative estimate of drug-likeness (QED) is 0.344. The van der Waals surface area contributed by atoms with Crippen LogP contribution in [0.25, 0.3) is 0 Å². The van der Waals surface area contributed by atoms with Crippen LogP contribution in [0.3, 0.4) is 0 Å². The molecule has 0 radical (unpaired) electrons. The number of thiazole rings is 1. The summed E-state index contributed by atoms with van der Waals surface area (Å²) in [4.78, 5) is 41.6. The number of nitrogens with one attached hydrogen (secondary N) is 2. The first-order valence-electron chi connectivity index (χ1n) is 9.87. The van der Waals surface area contributed by atoms with E-state index < -0.39 is 0 Å². The molecule has 3 aliphatic rings. The van der Waals surface area contributed by atoms with Crippen molar-refractivity contribution in [2.24, 2.45) is 34.8 Å². The van der Waals surface area contributed by atoms with Gasteiger partial charge in [-0.3, -0.25) is 14.4 Å². The second kappa shape index (κ2) is 7.40. The monoisotopic (exact) mass is 402 g/mol. The second-order valence-corrected chi connectivity index (χ2v) is 9.00. The highest BCUT2D eigenvalue weighted by molar-refractivity contribution is 7.09. The van der Waals surface area contributed by atoms with Crippen LogP contribution in [0.4, 0.5) is 0 Å². The Balaban J connectivity index is 1.46. The largest absolute Gasteiger partial charge is 0.356 e. The molecule has 2 amide bonds. The Morgan fingerprint density at radius 3 is 2.36 bits per heavy atom. The predicted molar refractivity (Wildman–Crippen MR) is 105 cm³/mol. The third-order valence-electron chi connectivity index (χ3n) is 6.45. The molecule has 2 fully saturated rings. The fourth-order valence-corrected chi connectivity index (χ4v) is 5.75. The summed E-state index contributed by atoms with van der Waals surface area (Å²) >= 11 is 1.36. The van der Waals surface area contributed by atoms with Crippen LogP contribution in [0.2, 0.25) is 0 Å². The summed E-state index contributed by atoms with van der Waals surface area (Å²) in [6, 6.07) is 0. The molecule has 3 aliphatic carbocycles. The molecule has 0 saturated heterocycles. The molecule has 4 rings (SSSR count). The van der Waals surface area contributed by atoms with Crippen molar-refractivity contribution in [3.63, 3.8) is 0 Å². The highest BCUT2D eigenvalue weighted by atomic mass is 32.1. The van der Waals surface area contributed by atoms with Gasteiger partial charge in [-0.1, -0.05) is 12.2 Å². The van der Waals surface area contributed by atoms with Crippen LogP contribution < -0.4 is 16.4 Å².